The van der Waals surface area contributed by atoms with Gasteiger partial charge in [0.25, 0.3) is 5.69 Å². The summed E-state index contributed by atoms with van der Waals surface area (Å²) in [7, 11) is 0. The van der Waals surface area contributed by atoms with Crippen LogP contribution >= 0.6 is 0 Å². The fourth-order valence-corrected chi connectivity index (χ4v) is 6.97. The Balaban J connectivity index is 1.36. The molecule has 1 saturated heterocycles. The number of benzene rings is 4. The highest BCUT2D eigenvalue weighted by atomic mass is 16.7. The third-order valence-electron chi connectivity index (χ3n) is 8.91. The zero-order valence-corrected chi connectivity index (χ0v) is 22.7. The average Bonchev–Trinajstić information content (AvgIpc) is 3.58. The van der Waals surface area contributed by atoms with Crippen molar-refractivity contribution in [1.82, 2.24) is 0 Å². The molecule has 0 aromatic heterocycles. The Morgan fingerprint density at radius 3 is 2.47 bits per heavy atom. The summed E-state index contributed by atoms with van der Waals surface area (Å²) in [6, 6.07) is 20.8. The quantitative estimate of drug-likeness (QED) is 0.106. The predicted octanol–water partition coefficient (Wildman–Crippen LogP) is 5.31. The number of carbonyl (C=O) groups is 3. The molecule has 4 aromatic carbocycles. The van der Waals surface area contributed by atoms with E-state index in [0.717, 1.165) is 15.7 Å². The molecule has 0 radical (unpaired) electrons. The number of rotatable bonds is 3. The van der Waals surface area contributed by atoms with Gasteiger partial charge in [-0.1, -0.05) is 48.5 Å². The summed E-state index contributed by atoms with van der Waals surface area (Å²) >= 11 is 0. The number of nitrogens with zero attached hydrogens (tertiary/aromatic N) is 2. The Morgan fingerprint density at radius 2 is 1.63 bits per heavy atom. The zero-order chi connectivity index (χ0) is 29.6. The smallest absolute Gasteiger partial charge is 0.319 e. The molecule has 0 saturated carbocycles. The molecular weight excluding hydrogens is 552 g/mol. The average molecular weight is 575 g/mol. The summed E-state index contributed by atoms with van der Waals surface area (Å²) in [4.78, 5) is 54.5. The molecule has 2 amide bonds. The molecule has 3 aliphatic heterocycles. The van der Waals surface area contributed by atoms with Crippen LogP contribution < -0.4 is 19.1 Å². The molecule has 3 heterocycles. The highest BCUT2D eigenvalue weighted by Gasteiger charge is 2.60. The minimum Gasteiger partial charge on any atom is -0.454 e. The number of anilines is 1. The Hall–Kier alpha value is -5.51. The number of non-ortho nitro benzene ring substituents is 1. The number of nitro benzene ring substituents is 1. The highest BCUT2D eigenvalue weighted by Crippen LogP contribution is 2.56. The van der Waals surface area contributed by atoms with E-state index in [-0.39, 0.29) is 18.2 Å². The lowest BCUT2D eigenvalue weighted by molar-refractivity contribution is -0.384. The first-order chi connectivity index (χ1) is 20.8. The van der Waals surface area contributed by atoms with Gasteiger partial charge in [-0.05, 0) is 52.6 Å². The van der Waals surface area contributed by atoms with Gasteiger partial charge in [-0.25, -0.2) is 4.90 Å². The van der Waals surface area contributed by atoms with Crippen molar-refractivity contribution in [2.75, 3.05) is 11.7 Å². The Kier molecular flexibility index (Phi) is 5.27. The van der Waals surface area contributed by atoms with E-state index < -0.39 is 46.4 Å². The van der Waals surface area contributed by atoms with Gasteiger partial charge < -0.3 is 14.2 Å². The molecule has 10 nitrogen and oxygen atoms in total. The SMILES string of the molecule is Cc1ccc([N+](=O)[O-])cc1N1C(=O)[C@@H]2[C@@H]3C(=O)Oc4ccc5ccccc5c4C3=C[C@@H](c3ccc4c(c3)OCO4)[C@H]2C1=O. The first-order valence-electron chi connectivity index (χ1n) is 13.8. The van der Waals surface area contributed by atoms with Crippen LogP contribution in [-0.4, -0.2) is 29.5 Å². The second-order valence-electron chi connectivity index (χ2n) is 11.1. The maximum atomic E-state index is 14.4. The van der Waals surface area contributed by atoms with Crippen LogP contribution in [0.1, 0.15) is 22.6 Å². The predicted molar refractivity (Wildman–Crippen MR) is 154 cm³/mol. The van der Waals surface area contributed by atoms with Crippen molar-refractivity contribution in [3.63, 3.8) is 0 Å². The largest absolute Gasteiger partial charge is 0.454 e. The first kappa shape index (κ1) is 25.2. The molecule has 10 heteroatoms. The first-order valence-corrected chi connectivity index (χ1v) is 13.8. The number of esters is 1. The second kappa shape index (κ2) is 8.99. The summed E-state index contributed by atoms with van der Waals surface area (Å²) in [6.07, 6.45) is 1.91. The van der Waals surface area contributed by atoms with E-state index in [1.165, 1.54) is 18.2 Å². The molecule has 0 unspecified atom stereocenters. The van der Waals surface area contributed by atoms with E-state index in [2.05, 4.69) is 0 Å². The fourth-order valence-electron chi connectivity index (χ4n) is 6.97. The van der Waals surface area contributed by atoms with Crippen LogP contribution in [-0.2, 0) is 14.4 Å². The molecule has 4 atom stereocenters. The monoisotopic (exact) mass is 574 g/mol. The summed E-state index contributed by atoms with van der Waals surface area (Å²) in [5, 5.41) is 13.4. The van der Waals surface area contributed by atoms with E-state index in [0.29, 0.717) is 39.5 Å². The summed E-state index contributed by atoms with van der Waals surface area (Å²) in [5.41, 5.74) is 2.42. The number of fused-ring (bicyclic) bond motifs is 8. The van der Waals surface area contributed by atoms with Gasteiger partial charge in [-0.15, -0.1) is 0 Å². The number of amides is 2. The maximum Gasteiger partial charge on any atom is 0.319 e. The van der Waals surface area contributed by atoms with Crippen molar-refractivity contribution in [2.24, 2.45) is 17.8 Å². The van der Waals surface area contributed by atoms with Crippen LogP contribution in [0, 0.1) is 34.8 Å². The summed E-state index contributed by atoms with van der Waals surface area (Å²) < 4.78 is 17.0. The van der Waals surface area contributed by atoms with E-state index in [1.54, 1.807) is 25.1 Å². The number of hydrogen-bond donors (Lipinski definition) is 0. The number of aryl methyl sites for hydroxylation is 1. The van der Waals surface area contributed by atoms with Gasteiger partial charge in [0, 0.05) is 23.6 Å². The van der Waals surface area contributed by atoms with Gasteiger partial charge in [0.05, 0.1) is 28.4 Å². The lowest BCUT2D eigenvalue weighted by Gasteiger charge is -2.38. The number of hydrogen-bond acceptors (Lipinski definition) is 8. The second-order valence-corrected chi connectivity index (χ2v) is 11.1. The van der Waals surface area contributed by atoms with Crippen molar-refractivity contribution < 1.29 is 33.5 Å². The highest BCUT2D eigenvalue weighted by molar-refractivity contribution is 6.25. The third-order valence-corrected chi connectivity index (χ3v) is 8.91. The Bertz CT molecular complexity index is 1980. The lowest BCUT2D eigenvalue weighted by Crippen LogP contribution is -2.42. The third kappa shape index (κ3) is 3.56. The van der Waals surface area contributed by atoms with Crippen molar-refractivity contribution in [3.8, 4) is 17.2 Å². The van der Waals surface area contributed by atoms with Crippen LogP contribution in [0.15, 0.2) is 78.9 Å². The summed E-state index contributed by atoms with van der Waals surface area (Å²) in [5.74, 6) is -4.00. The van der Waals surface area contributed by atoms with Crippen molar-refractivity contribution in [2.45, 2.75) is 12.8 Å². The number of allylic oxidation sites excluding steroid dienone is 1. The number of ether oxygens (including phenoxy) is 3. The molecular formula is C33H22N2O8. The fraction of sp³-hybridized carbons (Fsp3) is 0.182. The summed E-state index contributed by atoms with van der Waals surface area (Å²) in [6.45, 7) is 1.75. The number of imide groups is 1. The number of carbonyl (C=O) groups excluding carboxylic acids is 3. The van der Waals surface area contributed by atoms with Crippen LogP contribution in [0.3, 0.4) is 0 Å². The Morgan fingerprint density at radius 1 is 0.860 bits per heavy atom. The lowest BCUT2D eigenvalue weighted by atomic mass is 9.64. The van der Waals surface area contributed by atoms with Crippen LogP contribution in [0.25, 0.3) is 16.3 Å². The molecule has 1 fully saturated rings. The minimum absolute atomic E-state index is 0.0706. The molecule has 1 aliphatic carbocycles. The van der Waals surface area contributed by atoms with E-state index >= 15 is 0 Å². The molecule has 0 N–H and O–H groups in total. The molecule has 4 aliphatic rings. The van der Waals surface area contributed by atoms with Gasteiger partial charge in [-0.3, -0.25) is 24.5 Å². The van der Waals surface area contributed by atoms with E-state index in [9.17, 15) is 24.5 Å². The molecule has 0 bridgehead atoms. The Labute approximate surface area is 244 Å². The van der Waals surface area contributed by atoms with Crippen molar-refractivity contribution >= 4 is 45.5 Å². The van der Waals surface area contributed by atoms with Crippen LogP contribution in [0.4, 0.5) is 11.4 Å². The van der Waals surface area contributed by atoms with E-state index in [1.807, 2.05) is 42.5 Å². The maximum absolute atomic E-state index is 14.4. The molecule has 43 heavy (non-hydrogen) atoms. The van der Waals surface area contributed by atoms with Gasteiger partial charge in [-0.2, -0.15) is 0 Å². The number of nitro groups is 1. The van der Waals surface area contributed by atoms with Gasteiger partial charge in [0.15, 0.2) is 11.5 Å². The molecule has 8 rings (SSSR count). The van der Waals surface area contributed by atoms with Crippen LogP contribution in [0.5, 0.6) is 17.2 Å². The molecule has 212 valence electrons. The van der Waals surface area contributed by atoms with Gasteiger partial charge in [0.1, 0.15) is 5.75 Å². The molecule has 0 spiro atoms. The normalized spacial score (nSPS) is 23.4. The zero-order valence-electron chi connectivity index (χ0n) is 22.7. The minimum atomic E-state index is -1.10. The van der Waals surface area contributed by atoms with E-state index in [4.69, 9.17) is 14.2 Å². The topological polar surface area (TPSA) is 125 Å². The van der Waals surface area contributed by atoms with Gasteiger partial charge >= 0.3 is 5.97 Å². The van der Waals surface area contributed by atoms with Crippen molar-refractivity contribution in [1.29, 1.82) is 0 Å². The molecule has 4 aromatic rings. The van der Waals surface area contributed by atoms with Gasteiger partial charge in [0.2, 0.25) is 18.6 Å². The van der Waals surface area contributed by atoms with Crippen LogP contribution in [0.2, 0.25) is 0 Å². The standard InChI is InChI=1S/C33H22N2O8/c1-16-6-9-19(35(39)40)13-23(16)34-31(36)28-21(18-8-10-24-26(12-18)42-15-41-24)14-22-27-20-5-3-2-4-17(20)7-11-25(27)43-33(38)29(22)30(28)32(34)37/h2-14,21,28-30H,15H2,1H3/t21-,28+,29+,30-/m0/s1. The van der Waals surface area contributed by atoms with Crippen molar-refractivity contribution in [3.05, 3.63) is 106 Å².